The average molecular weight is 387 g/mol. The van der Waals surface area contributed by atoms with Crippen molar-refractivity contribution in [2.24, 2.45) is 0 Å². The van der Waals surface area contributed by atoms with Gasteiger partial charge >= 0.3 is 5.97 Å². The minimum absolute atomic E-state index is 0.247. The number of benzene rings is 2. The second-order valence-corrected chi connectivity index (χ2v) is 6.88. The van der Waals surface area contributed by atoms with Gasteiger partial charge < -0.3 is 10.4 Å². The van der Waals surface area contributed by atoms with Crippen LogP contribution in [0, 0.1) is 0 Å². The fraction of sp³-hybridized carbons (Fsp3) is 0.105. The Hall–Kier alpha value is -2.70. The Morgan fingerprint density at radius 3 is 2.62 bits per heavy atom. The third kappa shape index (κ3) is 4.47. The molecule has 7 heteroatoms. The van der Waals surface area contributed by atoms with Crippen LogP contribution in [0.4, 0.5) is 0 Å². The monoisotopic (exact) mass is 386 g/mol. The van der Waals surface area contributed by atoms with Gasteiger partial charge in [-0.15, -0.1) is 11.3 Å². The molecule has 1 heterocycles. The van der Waals surface area contributed by atoms with Gasteiger partial charge in [0.05, 0.1) is 18.2 Å². The lowest BCUT2D eigenvalue weighted by atomic mass is 10.0. The van der Waals surface area contributed by atoms with Crippen LogP contribution >= 0.6 is 22.9 Å². The number of nitrogens with zero attached hydrogens (tertiary/aromatic N) is 1. The molecule has 3 rings (SSSR count). The number of rotatable bonds is 6. The number of carbonyl (C=O) groups is 2. The van der Waals surface area contributed by atoms with Crippen molar-refractivity contribution in [3.8, 4) is 11.3 Å². The fourth-order valence-corrected chi connectivity index (χ4v) is 3.42. The SMILES string of the molecule is O=C(O)C[C@H](NC(=O)c1nc(-c2ccccc2)cs1)c1cccc(Cl)c1. The van der Waals surface area contributed by atoms with Gasteiger partial charge in [-0.2, -0.15) is 0 Å². The molecule has 0 fully saturated rings. The normalized spacial score (nSPS) is 11.7. The third-order valence-corrected chi connectivity index (χ3v) is 4.78. The Morgan fingerprint density at radius 2 is 1.92 bits per heavy atom. The van der Waals surface area contributed by atoms with Crippen molar-refractivity contribution in [2.75, 3.05) is 0 Å². The maximum Gasteiger partial charge on any atom is 0.305 e. The summed E-state index contributed by atoms with van der Waals surface area (Å²) in [6, 6.07) is 15.6. The van der Waals surface area contributed by atoms with E-state index in [-0.39, 0.29) is 11.4 Å². The zero-order chi connectivity index (χ0) is 18.5. The van der Waals surface area contributed by atoms with Gasteiger partial charge in [0.25, 0.3) is 5.91 Å². The number of aliphatic carboxylic acids is 1. The summed E-state index contributed by atoms with van der Waals surface area (Å²) < 4.78 is 0. The molecule has 0 spiro atoms. The number of hydrogen-bond donors (Lipinski definition) is 2. The molecule has 0 radical (unpaired) electrons. The summed E-state index contributed by atoms with van der Waals surface area (Å²) in [4.78, 5) is 28.1. The van der Waals surface area contributed by atoms with E-state index in [0.717, 1.165) is 5.56 Å². The van der Waals surface area contributed by atoms with Crippen molar-refractivity contribution in [3.63, 3.8) is 0 Å². The quantitative estimate of drug-likeness (QED) is 0.657. The predicted molar refractivity (Wildman–Crippen MR) is 101 cm³/mol. The highest BCUT2D eigenvalue weighted by atomic mass is 35.5. The highest BCUT2D eigenvalue weighted by Crippen LogP contribution is 2.24. The Bertz CT molecular complexity index is 927. The Morgan fingerprint density at radius 1 is 1.15 bits per heavy atom. The largest absolute Gasteiger partial charge is 0.481 e. The highest BCUT2D eigenvalue weighted by molar-refractivity contribution is 7.12. The zero-order valence-electron chi connectivity index (χ0n) is 13.6. The lowest BCUT2D eigenvalue weighted by Gasteiger charge is -2.17. The molecule has 0 saturated heterocycles. The molecule has 26 heavy (non-hydrogen) atoms. The molecule has 5 nitrogen and oxygen atoms in total. The lowest BCUT2D eigenvalue weighted by Crippen LogP contribution is -2.30. The average Bonchev–Trinajstić information content (AvgIpc) is 3.12. The van der Waals surface area contributed by atoms with Crippen molar-refractivity contribution < 1.29 is 14.7 Å². The molecule has 2 aromatic carbocycles. The molecule has 1 amide bonds. The van der Waals surface area contributed by atoms with E-state index in [1.54, 1.807) is 29.6 Å². The number of thiazole rings is 1. The topological polar surface area (TPSA) is 79.3 Å². The van der Waals surface area contributed by atoms with Crippen LogP contribution in [0.2, 0.25) is 5.02 Å². The molecule has 0 unspecified atom stereocenters. The first-order valence-electron chi connectivity index (χ1n) is 7.82. The van der Waals surface area contributed by atoms with Gasteiger partial charge in [-0.1, -0.05) is 54.1 Å². The van der Waals surface area contributed by atoms with E-state index in [1.165, 1.54) is 11.3 Å². The number of aromatic nitrogens is 1. The molecule has 1 aromatic heterocycles. The van der Waals surface area contributed by atoms with Gasteiger partial charge in [0, 0.05) is 16.0 Å². The molecular weight excluding hydrogens is 372 g/mol. The molecule has 2 N–H and O–H groups in total. The van der Waals surface area contributed by atoms with E-state index in [1.807, 2.05) is 30.3 Å². The minimum Gasteiger partial charge on any atom is -0.481 e. The molecule has 132 valence electrons. The highest BCUT2D eigenvalue weighted by Gasteiger charge is 2.21. The summed E-state index contributed by atoms with van der Waals surface area (Å²) in [6.07, 6.45) is -0.247. The number of carboxylic acids is 1. The van der Waals surface area contributed by atoms with E-state index >= 15 is 0 Å². The summed E-state index contributed by atoms with van der Waals surface area (Å²) in [5, 5.41) is 14.5. The van der Waals surface area contributed by atoms with Crippen LogP contribution in [0.3, 0.4) is 0 Å². The van der Waals surface area contributed by atoms with E-state index in [2.05, 4.69) is 10.3 Å². The Labute approximate surface area is 159 Å². The number of hydrogen-bond acceptors (Lipinski definition) is 4. The summed E-state index contributed by atoms with van der Waals surface area (Å²) in [5.41, 5.74) is 2.26. The number of amides is 1. The molecule has 1 atom stereocenters. The van der Waals surface area contributed by atoms with Crippen LogP contribution < -0.4 is 5.32 Å². The van der Waals surface area contributed by atoms with Crippen LogP contribution in [0.5, 0.6) is 0 Å². The summed E-state index contributed by atoms with van der Waals surface area (Å²) in [7, 11) is 0. The second kappa shape index (κ2) is 8.12. The summed E-state index contributed by atoms with van der Waals surface area (Å²) >= 11 is 7.19. The van der Waals surface area contributed by atoms with Gasteiger partial charge in [-0.05, 0) is 17.7 Å². The van der Waals surface area contributed by atoms with Crippen molar-refractivity contribution in [1.29, 1.82) is 0 Å². The first-order chi connectivity index (χ1) is 12.5. The van der Waals surface area contributed by atoms with Crippen LogP contribution in [-0.2, 0) is 4.79 Å². The van der Waals surface area contributed by atoms with Crippen molar-refractivity contribution >= 4 is 34.8 Å². The molecule has 0 bridgehead atoms. The van der Waals surface area contributed by atoms with Crippen molar-refractivity contribution in [3.05, 3.63) is 75.6 Å². The minimum atomic E-state index is -1.01. The van der Waals surface area contributed by atoms with Gasteiger partial charge in [-0.25, -0.2) is 4.98 Å². The van der Waals surface area contributed by atoms with Crippen molar-refractivity contribution in [2.45, 2.75) is 12.5 Å². The molecule has 0 aliphatic rings. The first-order valence-corrected chi connectivity index (χ1v) is 9.08. The standard InChI is InChI=1S/C19H15ClN2O3S/c20-14-8-4-7-13(9-14)15(10-17(23)24)21-18(25)19-22-16(11-26-19)12-5-2-1-3-6-12/h1-9,11,15H,10H2,(H,21,25)(H,23,24)/t15-/m0/s1. The zero-order valence-corrected chi connectivity index (χ0v) is 15.1. The number of halogens is 1. The van der Waals surface area contributed by atoms with Crippen LogP contribution in [0.15, 0.2) is 60.0 Å². The van der Waals surface area contributed by atoms with Gasteiger partial charge in [0.15, 0.2) is 5.01 Å². The maximum absolute atomic E-state index is 12.6. The Balaban J connectivity index is 1.80. The lowest BCUT2D eigenvalue weighted by molar-refractivity contribution is -0.137. The van der Waals surface area contributed by atoms with E-state index in [9.17, 15) is 9.59 Å². The van der Waals surface area contributed by atoms with Gasteiger partial charge in [0.1, 0.15) is 0 Å². The third-order valence-electron chi connectivity index (χ3n) is 3.70. The van der Waals surface area contributed by atoms with E-state index < -0.39 is 17.9 Å². The van der Waals surface area contributed by atoms with E-state index in [0.29, 0.717) is 16.3 Å². The fourth-order valence-electron chi connectivity index (χ4n) is 2.49. The van der Waals surface area contributed by atoms with Crippen LogP contribution in [0.25, 0.3) is 11.3 Å². The molecule has 3 aromatic rings. The summed E-state index contributed by atoms with van der Waals surface area (Å²) in [5.74, 6) is -1.43. The number of carboxylic acid groups (broad SMARTS) is 1. The smallest absolute Gasteiger partial charge is 0.305 e. The van der Waals surface area contributed by atoms with Gasteiger partial charge in [0.2, 0.25) is 0 Å². The Kier molecular flexibility index (Phi) is 5.65. The molecule has 0 saturated carbocycles. The van der Waals surface area contributed by atoms with Gasteiger partial charge in [-0.3, -0.25) is 9.59 Å². The number of carbonyl (C=O) groups excluding carboxylic acids is 1. The molecule has 0 aliphatic heterocycles. The maximum atomic E-state index is 12.6. The second-order valence-electron chi connectivity index (χ2n) is 5.58. The molecule has 0 aliphatic carbocycles. The number of nitrogens with one attached hydrogen (secondary N) is 1. The van der Waals surface area contributed by atoms with E-state index in [4.69, 9.17) is 16.7 Å². The van der Waals surface area contributed by atoms with Crippen LogP contribution in [-0.4, -0.2) is 22.0 Å². The predicted octanol–water partition coefficient (Wildman–Crippen LogP) is 4.41. The molecular formula is C19H15ClN2O3S. The van der Waals surface area contributed by atoms with Crippen LogP contribution in [0.1, 0.15) is 27.8 Å². The first kappa shape index (κ1) is 18.1. The summed E-state index contributed by atoms with van der Waals surface area (Å²) in [6.45, 7) is 0. The van der Waals surface area contributed by atoms with Crippen molar-refractivity contribution in [1.82, 2.24) is 10.3 Å².